The largest absolute Gasteiger partial charge is 0.481 e. The zero-order valence-corrected chi connectivity index (χ0v) is 15.6. The second-order valence-corrected chi connectivity index (χ2v) is 7.65. The molecular formula is C20H38O3. The molecule has 3 nitrogen and oxygen atoms in total. The number of carboxylic acids is 1. The molecule has 0 amide bonds. The molecule has 5 unspecified atom stereocenters. The van der Waals surface area contributed by atoms with E-state index >= 15 is 0 Å². The van der Waals surface area contributed by atoms with Gasteiger partial charge in [0.25, 0.3) is 0 Å². The van der Waals surface area contributed by atoms with E-state index in [0.717, 1.165) is 12.3 Å². The summed E-state index contributed by atoms with van der Waals surface area (Å²) in [5, 5.41) is 18.8. The second kappa shape index (κ2) is 12.6. The summed E-state index contributed by atoms with van der Waals surface area (Å²) >= 11 is 0. The molecule has 0 saturated heterocycles. The normalized spacial score (nSPS) is 18.0. The van der Waals surface area contributed by atoms with Gasteiger partial charge in [-0.25, -0.2) is 0 Å². The van der Waals surface area contributed by atoms with Crippen molar-refractivity contribution in [2.24, 2.45) is 23.7 Å². The van der Waals surface area contributed by atoms with Crippen LogP contribution in [0.15, 0.2) is 12.7 Å². The van der Waals surface area contributed by atoms with E-state index in [4.69, 9.17) is 5.11 Å². The van der Waals surface area contributed by atoms with Crippen LogP contribution in [0, 0.1) is 23.7 Å². The van der Waals surface area contributed by atoms with Crippen molar-refractivity contribution in [3.8, 4) is 0 Å². The third kappa shape index (κ3) is 12.3. The molecule has 0 bridgehead atoms. The number of rotatable bonds is 14. The van der Waals surface area contributed by atoms with Gasteiger partial charge >= 0.3 is 5.97 Å². The maximum absolute atomic E-state index is 10.8. The Labute approximate surface area is 143 Å². The molecule has 136 valence electrons. The van der Waals surface area contributed by atoms with Crippen molar-refractivity contribution < 1.29 is 15.0 Å². The van der Waals surface area contributed by atoms with Gasteiger partial charge in [-0.2, -0.15) is 0 Å². The smallest absolute Gasteiger partial charge is 0.306 e. The summed E-state index contributed by atoms with van der Waals surface area (Å²) in [5.41, 5.74) is 0. The average molecular weight is 327 g/mol. The van der Waals surface area contributed by atoms with Gasteiger partial charge < -0.3 is 10.2 Å². The minimum Gasteiger partial charge on any atom is -0.481 e. The molecular weight excluding hydrogens is 288 g/mol. The van der Waals surface area contributed by atoms with Crippen LogP contribution < -0.4 is 0 Å². The minimum atomic E-state index is -0.823. The van der Waals surface area contributed by atoms with Gasteiger partial charge in [0.2, 0.25) is 0 Å². The molecule has 0 aliphatic carbocycles. The van der Waals surface area contributed by atoms with Gasteiger partial charge in [0.05, 0.1) is 12.0 Å². The van der Waals surface area contributed by atoms with Crippen LogP contribution in [-0.2, 0) is 4.79 Å². The quantitative estimate of drug-likeness (QED) is 0.427. The molecule has 0 saturated carbocycles. The molecule has 0 aliphatic heterocycles. The van der Waals surface area contributed by atoms with Gasteiger partial charge in [-0.1, -0.05) is 65.9 Å². The lowest BCUT2D eigenvalue weighted by molar-refractivity contribution is -0.142. The van der Waals surface area contributed by atoms with Gasteiger partial charge in [0.1, 0.15) is 0 Å². The molecule has 0 heterocycles. The average Bonchev–Trinajstić information content (AvgIpc) is 2.46. The lowest BCUT2D eigenvalue weighted by Crippen LogP contribution is -2.20. The van der Waals surface area contributed by atoms with E-state index in [1.807, 2.05) is 6.08 Å². The minimum absolute atomic E-state index is 0.359. The number of hydrogen-bond acceptors (Lipinski definition) is 2. The van der Waals surface area contributed by atoms with Crippen molar-refractivity contribution in [2.75, 3.05) is 0 Å². The van der Waals surface area contributed by atoms with E-state index in [1.54, 1.807) is 6.92 Å². The first kappa shape index (κ1) is 22.2. The molecule has 0 aromatic heterocycles. The number of aliphatic hydroxyl groups excluding tert-OH is 1. The summed E-state index contributed by atoms with van der Waals surface area (Å²) in [4.78, 5) is 10.8. The van der Waals surface area contributed by atoms with E-state index in [2.05, 4.69) is 27.4 Å². The van der Waals surface area contributed by atoms with Crippen LogP contribution in [0.5, 0.6) is 0 Å². The third-order valence-corrected chi connectivity index (χ3v) is 4.87. The predicted molar refractivity (Wildman–Crippen MR) is 97.4 cm³/mol. The molecule has 5 atom stereocenters. The second-order valence-electron chi connectivity index (χ2n) is 7.65. The van der Waals surface area contributed by atoms with Crippen molar-refractivity contribution in [3.63, 3.8) is 0 Å². The van der Waals surface area contributed by atoms with Crippen molar-refractivity contribution in [1.82, 2.24) is 0 Å². The van der Waals surface area contributed by atoms with Gasteiger partial charge in [-0.15, -0.1) is 6.58 Å². The highest BCUT2D eigenvalue weighted by Crippen LogP contribution is 2.22. The fourth-order valence-corrected chi connectivity index (χ4v) is 3.05. The first-order valence-electron chi connectivity index (χ1n) is 9.29. The molecule has 0 rings (SSSR count). The number of hydrogen-bond donors (Lipinski definition) is 2. The molecule has 0 aliphatic rings. The monoisotopic (exact) mass is 326 g/mol. The van der Waals surface area contributed by atoms with Crippen molar-refractivity contribution in [2.45, 2.75) is 85.2 Å². The van der Waals surface area contributed by atoms with Crippen molar-refractivity contribution >= 4 is 5.97 Å². The van der Waals surface area contributed by atoms with Crippen LogP contribution in [0.2, 0.25) is 0 Å². The Morgan fingerprint density at radius 1 is 0.957 bits per heavy atom. The van der Waals surface area contributed by atoms with E-state index < -0.39 is 18.0 Å². The summed E-state index contributed by atoms with van der Waals surface area (Å²) < 4.78 is 0. The van der Waals surface area contributed by atoms with E-state index in [-0.39, 0.29) is 0 Å². The van der Waals surface area contributed by atoms with Crippen LogP contribution >= 0.6 is 0 Å². The topological polar surface area (TPSA) is 57.5 Å². The summed E-state index contributed by atoms with van der Waals surface area (Å²) in [6, 6.07) is 0. The first-order valence-corrected chi connectivity index (χ1v) is 9.29. The van der Waals surface area contributed by atoms with Crippen molar-refractivity contribution in [1.29, 1.82) is 0 Å². The highest BCUT2D eigenvalue weighted by atomic mass is 16.4. The maximum atomic E-state index is 10.8. The molecule has 0 fully saturated rings. The lowest BCUT2D eigenvalue weighted by Gasteiger charge is -2.19. The maximum Gasteiger partial charge on any atom is 0.306 e. The van der Waals surface area contributed by atoms with Gasteiger partial charge in [-0.3, -0.25) is 4.79 Å². The summed E-state index contributed by atoms with van der Waals surface area (Å²) in [6.07, 6.45) is 9.96. The summed E-state index contributed by atoms with van der Waals surface area (Å²) in [5.74, 6) is 0.554. The first-order chi connectivity index (χ1) is 10.8. The molecule has 0 spiro atoms. The highest BCUT2D eigenvalue weighted by Gasteiger charge is 2.18. The third-order valence-electron chi connectivity index (χ3n) is 4.87. The van der Waals surface area contributed by atoms with Crippen LogP contribution in [0.4, 0.5) is 0 Å². The Hall–Kier alpha value is -0.830. The SMILES string of the molecule is C=CC(C)CCCC(C)CCCC(C)CC(O)CC(C)C(=O)O. The fraction of sp³-hybridized carbons (Fsp3) is 0.850. The molecule has 23 heavy (non-hydrogen) atoms. The Bertz CT molecular complexity index is 327. The Balaban J connectivity index is 3.74. The van der Waals surface area contributed by atoms with Gasteiger partial charge in [-0.05, 0) is 37.0 Å². The molecule has 0 aromatic rings. The molecule has 0 radical (unpaired) electrons. The van der Waals surface area contributed by atoms with E-state index in [1.165, 1.54) is 32.1 Å². The van der Waals surface area contributed by atoms with Gasteiger partial charge in [0, 0.05) is 0 Å². The summed E-state index contributed by atoms with van der Waals surface area (Å²) in [6.45, 7) is 12.2. The van der Waals surface area contributed by atoms with E-state index in [9.17, 15) is 9.90 Å². The van der Waals surface area contributed by atoms with E-state index in [0.29, 0.717) is 24.7 Å². The van der Waals surface area contributed by atoms with Crippen molar-refractivity contribution in [3.05, 3.63) is 12.7 Å². The number of allylic oxidation sites excluding steroid dienone is 1. The molecule has 3 heteroatoms. The predicted octanol–water partition coefficient (Wildman–Crippen LogP) is 5.28. The standard InChI is InChI=1S/C20H38O3/c1-6-15(2)9-7-10-16(3)11-8-12-17(4)13-19(21)14-18(5)20(22)23/h6,15-19,21H,1,7-14H2,2-5H3,(H,22,23). The fourth-order valence-electron chi connectivity index (χ4n) is 3.05. The lowest BCUT2D eigenvalue weighted by atomic mass is 9.90. The highest BCUT2D eigenvalue weighted by molar-refractivity contribution is 5.69. The Kier molecular flexibility index (Phi) is 12.1. The zero-order valence-electron chi connectivity index (χ0n) is 15.6. The number of aliphatic hydroxyl groups is 1. The molecule has 0 aromatic carbocycles. The van der Waals surface area contributed by atoms with Gasteiger partial charge in [0.15, 0.2) is 0 Å². The van der Waals surface area contributed by atoms with Crippen LogP contribution in [-0.4, -0.2) is 22.3 Å². The zero-order chi connectivity index (χ0) is 17.8. The summed E-state index contributed by atoms with van der Waals surface area (Å²) in [7, 11) is 0. The number of aliphatic carboxylic acids is 1. The Morgan fingerprint density at radius 2 is 1.48 bits per heavy atom. The van der Waals surface area contributed by atoms with Crippen LogP contribution in [0.1, 0.15) is 79.1 Å². The molecule has 2 N–H and O–H groups in total. The Morgan fingerprint density at radius 3 is 2.00 bits per heavy atom. The number of carboxylic acid groups (broad SMARTS) is 1. The number of carbonyl (C=O) groups is 1. The van der Waals surface area contributed by atoms with Crippen LogP contribution in [0.25, 0.3) is 0 Å². The van der Waals surface area contributed by atoms with Crippen LogP contribution in [0.3, 0.4) is 0 Å².